The first-order chi connectivity index (χ1) is 10.2. The second-order valence-electron chi connectivity index (χ2n) is 5.01. The Morgan fingerprint density at radius 1 is 1.19 bits per heavy atom. The van der Waals surface area contributed by atoms with Crippen molar-refractivity contribution in [3.8, 4) is 5.75 Å². The number of para-hydroxylation sites is 2. The van der Waals surface area contributed by atoms with Gasteiger partial charge in [-0.2, -0.15) is 0 Å². The second kappa shape index (κ2) is 5.36. The molecule has 3 rings (SSSR count). The number of anilines is 2. The van der Waals surface area contributed by atoms with E-state index in [0.29, 0.717) is 24.5 Å². The molecule has 0 bridgehead atoms. The third-order valence-electron chi connectivity index (χ3n) is 3.59. The molecule has 1 aliphatic rings. The summed E-state index contributed by atoms with van der Waals surface area (Å²) >= 11 is 0. The van der Waals surface area contributed by atoms with Crippen LogP contribution in [0.25, 0.3) is 0 Å². The average Bonchev–Trinajstić information content (AvgIpc) is 2.91. The molecular weight excluding hydrogens is 266 g/mol. The molecule has 1 aliphatic heterocycles. The minimum Gasteiger partial charge on any atom is -0.495 e. The monoisotopic (exact) mass is 283 g/mol. The van der Waals surface area contributed by atoms with Crippen LogP contribution in [0.2, 0.25) is 0 Å². The van der Waals surface area contributed by atoms with E-state index in [4.69, 9.17) is 10.5 Å². The van der Waals surface area contributed by atoms with Gasteiger partial charge >= 0.3 is 6.03 Å². The lowest BCUT2D eigenvalue weighted by Gasteiger charge is -2.17. The Morgan fingerprint density at radius 2 is 1.95 bits per heavy atom. The number of methoxy groups -OCH3 is 1. The van der Waals surface area contributed by atoms with Crippen molar-refractivity contribution >= 4 is 17.4 Å². The number of ether oxygens (including phenoxy) is 1. The van der Waals surface area contributed by atoms with E-state index in [2.05, 4.69) is 5.32 Å². The highest BCUT2D eigenvalue weighted by Crippen LogP contribution is 2.27. The Bertz CT molecular complexity index is 685. The molecule has 0 aliphatic carbocycles. The van der Waals surface area contributed by atoms with E-state index < -0.39 is 0 Å². The Kier molecular flexibility index (Phi) is 3.39. The second-order valence-corrected chi connectivity index (χ2v) is 5.01. The fraction of sp³-hybridized carbons (Fsp3) is 0.188. The molecule has 5 nitrogen and oxygen atoms in total. The molecule has 2 amide bonds. The summed E-state index contributed by atoms with van der Waals surface area (Å²) in [6, 6.07) is 13.0. The van der Waals surface area contributed by atoms with Crippen molar-refractivity contribution < 1.29 is 9.53 Å². The number of hydrogen-bond acceptors (Lipinski definition) is 3. The number of fused-ring (bicyclic) bond motifs is 1. The highest BCUT2D eigenvalue weighted by Gasteiger charge is 2.23. The van der Waals surface area contributed by atoms with Crippen molar-refractivity contribution in [2.75, 3.05) is 18.2 Å². The van der Waals surface area contributed by atoms with Crippen molar-refractivity contribution in [3.05, 3.63) is 53.6 Å². The fourth-order valence-electron chi connectivity index (χ4n) is 2.50. The summed E-state index contributed by atoms with van der Waals surface area (Å²) in [4.78, 5) is 14.1. The number of nitrogens with two attached hydrogens (primary N) is 1. The Morgan fingerprint density at radius 3 is 2.76 bits per heavy atom. The van der Waals surface area contributed by atoms with Gasteiger partial charge in [-0.1, -0.05) is 18.2 Å². The minimum absolute atomic E-state index is 0.144. The van der Waals surface area contributed by atoms with Gasteiger partial charge in [0.15, 0.2) is 0 Å². The summed E-state index contributed by atoms with van der Waals surface area (Å²) in [6.45, 7) is 1.16. The lowest BCUT2D eigenvalue weighted by molar-refractivity contribution is 0.212. The summed E-state index contributed by atoms with van der Waals surface area (Å²) in [5.74, 6) is 0.645. The number of nitrogens with zero attached hydrogens (tertiary/aromatic N) is 1. The number of carbonyl (C=O) groups excluding carboxylic acids is 1. The Labute approximate surface area is 123 Å². The lowest BCUT2D eigenvalue weighted by Crippen LogP contribution is -2.30. The van der Waals surface area contributed by atoms with Crippen molar-refractivity contribution in [2.45, 2.75) is 13.1 Å². The number of nitrogen functional groups attached to an aromatic ring is 1. The maximum Gasteiger partial charge on any atom is 0.322 e. The normalized spacial score (nSPS) is 12.9. The van der Waals surface area contributed by atoms with Crippen LogP contribution in [0.4, 0.5) is 16.2 Å². The quantitative estimate of drug-likeness (QED) is 0.833. The van der Waals surface area contributed by atoms with Gasteiger partial charge in [-0.3, -0.25) is 0 Å². The van der Waals surface area contributed by atoms with Crippen LogP contribution < -0.4 is 15.8 Å². The summed E-state index contributed by atoms with van der Waals surface area (Å²) in [5.41, 5.74) is 9.41. The third kappa shape index (κ3) is 2.63. The summed E-state index contributed by atoms with van der Waals surface area (Å²) in [7, 11) is 1.58. The average molecular weight is 283 g/mol. The Balaban J connectivity index is 1.73. The van der Waals surface area contributed by atoms with Crippen LogP contribution in [0.3, 0.4) is 0 Å². The summed E-state index contributed by atoms with van der Waals surface area (Å²) < 4.78 is 5.24. The molecule has 0 atom stereocenters. The number of hydrogen-bond donors (Lipinski definition) is 2. The summed E-state index contributed by atoms with van der Waals surface area (Å²) in [6.07, 6.45) is 0. The van der Waals surface area contributed by atoms with Crippen molar-refractivity contribution in [2.24, 2.45) is 0 Å². The predicted octanol–water partition coefficient (Wildman–Crippen LogP) is 2.83. The van der Waals surface area contributed by atoms with Crippen LogP contribution in [0.15, 0.2) is 42.5 Å². The molecule has 0 unspecified atom stereocenters. The molecule has 0 aromatic heterocycles. The largest absolute Gasteiger partial charge is 0.495 e. The molecular formula is C16H17N3O2. The van der Waals surface area contributed by atoms with E-state index in [1.165, 1.54) is 0 Å². The first-order valence-corrected chi connectivity index (χ1v) is 6.73. The maximum atomic E-state index is 12.4. The molecule has 5 heteroatoms. The number of amides is 2. The predicted molar refractivity (Wildman–Crippen MR) is 82.1 cm³/mol. The molecule has 0 fully saturated rings. The van der Waals surface area contributed by atoms with Gasteiger partial charge in [-0.25, -0.2) is 4.79 Å². The zero-order valence-corrected chi connectivity index (χ0v) is 11.8. The van der Waals surface area contributed by atoms with Crippen molar-refractivity contribution in [1.29, 1.82) is 0 Å². The van der Waals surface area contributed by atoms with E-state index >= 15 is 0 Å². The fourth-order valence-corrected chi connectivity index (χ4v) is 2.50. The zero-order chi connectivity index (χ0) is 14.8. The van der Waals surface area contributed by atoms with Gasteiger partial charge in [0.2, 0.25) is 0 Å². The van der Waals surface area contributed by atoms with E-state index in [1.54, 1.807) is 12.0 Å². The smallest absolute Gasteiger partial charge is 0.322 e. The van der Waals surface area contributed by atoms with Crippen LogP contribution in [-0.2, 0) is 13.1 Å². The Hall–Kier alpha value is -2.69. The summed E-state index contributed by atoms with van der Waals surface area (Å²) in [5, 5.41) is 2.88. The molecule has 0 spiro atoms. The van der Waals surface area contributed by atoms with E-state index in [1.807, 2.05) is 42.5 Å². The van der Waals surface area contributed by atoms with Gasteiger partial charge in [-0.15, -0.1) is 0 Å². The molecule has 2 aromatic carbocycles. The zero-order valence-electron chi connectivity index (χ0n) is 11.8. The van der Waals surface area contributed by atoms with Gasteiger partial charge in [0.1, 0.15) is 5.75 Å². The number of carbonyl (C=O) groups is 1. The lowest BCUT2D eigenvalue weighted by atomic mass is 10.1. The van der Waals surface area contributed by atoms with Gasteiger partial charge in [0.05, 0.1) is 12.8 Å². The van der Waals surface area contributed by atoms with Crippen LogP contribution in [0, 0.1) is 0 Å². The molecule has 0 saturated carbocycles. The van der Waals surface area contributed by atoms with Crippen LogP contribution in [0.5, 0.6) is 5.75 Å². The number of rotatable bonds is 2. The number of nitrogens with one attached hydrogen (secondary N) is 1. The molecule has 0 saturated heterocycles. The van der Waals surface area contributed by atoms with Crippen molar-refractivity contribution in [3.63, 3.8) is 0 Å². The van der Waals surface area contributed by atoms with E-state index in [0.717, 1.165) is 16.8 Å². The van der Waals surface area contributed by atoms with Crippen LogP contribution in [-0.4, -0.2) is 18.0 Å². The molecule has 3 N–H and O–H groups in total. The molecule has 2 aromatic rings. The standard InChI is InChI=1S/C16H17N3O2/c1-21-15-5-3-2-4-14(15)18-16(20)19-9-11-6-7-13(17)8-12(11)10-19/h2-8H,9-10,17H2,1H3,(H,18,20). The third-order valence-corrected chi connectivity index (χ3v) is 3.59. The van der Waals surface area contributed by atoms with E-state index in [9.17, 15) is 4.79 Å². The topological polar surface area (TPSA) is 67.6 Å². The SMILES string of the molecule is COc1ccccc1NC(=O)N1Cc2ccc(N)cc2C1. The van der Waals surface area contributed by atoms with Gasteiger partial charge in [0, 0.05) is 18.8 Å². The first-order valence-electron chi connectivity index (χ1n) is 6.73. The maximum absolute atomic E-state index is 12.4. The number of benzene rings is 2. The number of urea groups is 1. The highest BCUT2D eigenvalue weighted by molar-refractivity contribution is 5.91. The van der Waals surface area contributed by atoms with Crippen LogP contribution >= 0.6 is 0 Å². The minimum atomic E-state index is -0.144. The molecule has 21 heavy (non-hydrogen) atoms. The van der Waals surface area contributed by atoms with Crippen LogP contribution in [0.1, 0.15) is 11.1 Å². The molecule has 0 radical (unpaired) electrons. The van der Waals surface area contributed by atoms with E-state index in [-0.39, 0.29) is 6.03 Å². The van der Waals surface area contributed by atoms with Gasteiger partial charge in [-0.05, 0) is 35.4 Å². The van der Waals surface area contributed by atoms with Gasteiger partial charge < -0.3 is 20.7 Å². The molecule has 108 valence electrons. The molecule has 1 heterocycles. The first kappa shape index (κ1) is 13.3. The highest BCUT2D eigenvalue weighted by atomic mass is 16.5. The van der Waals surface area contributed by atoms with Gasteiger partial charge in [0.25, 0.3) is 0 Å². The van der Waals surface area contributed by atoms with Crippen molar-refractivity contribution in [1.82, 2.24) is 4.90 Å².